The third kappa shape index (κ3) is 2.53. The molecule has 0 radical (unpaired) electrons. The second kappa shape index (κ2) is 5.21. The van der Waals surface area contributed by atoms with Gasteiger partial charge in [-0.2, -0.15) is 0 Å². The maximum atomic E-state index is 5.31. The van der Waals surface area contributed by atoms with Crippen molar-refractivity contribution in [2.24, 2.45) is 0 Å². The van der Waals surface area contributed by atoms with Gasteiger partial charge < -0.3 is 4.74 Å². The van der Waals surface area contributed by atoms with Gasteiger partial charge in [0, 0.05) is 13.1 Å². The molecule has 0 aliphatic carbocycles. The molecule has 80 valence electrons. The van der Waals surface area contributed by atoms with Crippen LogP contribution in [0.25, 0.3) is 0 Å². The first kappa shape index (κ1) is 10.5. The van der Waals surface area contributed by atoms with Crippen molar-refractivity contribution in [3.05, 3.63) is 30.3 Å². The lowest BCUT2D eigenvalue weighted by molar-refractivity contribution is 0.0402. The highest BCUT2D eigenvalue weighted by Gasteiger charge is 2.16. The lowest BCUT2D eigenvalue weighted by Gasteiger charge is -2.35. The molecule has 1 fully saturated rings. The predicted octanol–water partition coefficient (Wildman–Crippen LogP) is 1.70. The molecule has 0 aromatic heterocycles. The summed E-state index contributed by atoms with van der Waals surface area (Å²) in [6.45, 7) is 3.32. The Labute approximate surface area is 95.2 Å². The number of nitrogens with zero attached hydrogens (tertiary/aromatic N) is 2. The Morgan fingerprint density at radius 3 is 2.47 bits per heavy atom. The Hall–Kier alpha value is -0.970. The molecule has 0 atom stereocenters. The molecule has 0 N–H and O–H groups in total. The van der Waals surface area contributed by atoms with Crippen molar-refractivity contribution in [2.75, 3.05) is 31.3 Å². The van der Waals surface area contributed by atoms with E-state index in [4.69, 9.17) is 17.0 Å². The van der Waals surface area contributed by atoms with E-state index in [0.29, 0.717) is 0 Å². The number of ether oxygens (including phenoxy) is 1. The molecule has 1 aliphatic heterocycles. The topological polar surface area (TPSA) is 15.7 Å². The third-order valence-electron chi connectivity index (χ3n) is 2.41. The highest BCUT2D eigenvalue weighted by atomic mass is 32.1. The molecule has 1 aromatic rings. The normalized spacial score (nSPS) is 17.3. The SMILES string of the molecule is S=CN(c1ccccc1)N1CCOCC1. The molecule has 0 unspecified atom stereocenters. The molecule has 1 heterocycles. The molecule has 0 spiro atoms. The standard InChI is InChI=1S/C11H14N2OS/c15-10-13(11-4-2-1-3-5-11)12-6-8-14-9-7-12/h1-5,10H,6-9H2. The van der Waals surface area contributed by atoms with Gasteiger partial charge in [0.15, 0.2) is 0 Å². The zero-order valence-electron chi connectivity index (χ0n) is 8.50. The van der Waals surface area contributed by atoms with E-state index >= 15 is 0 Å². The van der Waals surface area contributed by atoms with Crippen molar-refractivity contribution in [3.8, 4) is 0 Å². The van der Waals surface area contributed by atoms with Crippen LogP contribution in [0.5, 0.6) is 0 Å². The molecule has 1 aliphatic rings. The number of hydrogen-bond donors (Lipinski definition) is 0. The molecule has 0 saturated carbocycles. The van der Waals surface area contributed by atoms with E-state index in [2.05, 4.69) is 17.1 Å². The van der Waals surface area contributed by atoms with Crippen LogP contribution >= 0.6 is 12.2 Å². The van der Waals surface area contributed by atoms with Crippen LogP contribution in [0.3, 0.4) is 0 Å². The molecule has 1 saturated heterocycles. The molecule has 0 bridgehead atoms. The summed E-state index contributed by atoms with van der Waals surface area (Å²) in [5.74, 6) is 0. The molecule has 2 rings (SSSR count). The van der Waals surface area contributed by atoms with Crippen molar-refractivity contribution in [1.82, 2.24) is 5.01 Å². The van der Waals surface area contributed by atoms with Crippen molar-refractivity contribution in [1.29, 1.82) is 0 Å². The van der Waals surface area contributed by atoms with Gasteiger partial charge in [0.1, 0.15) is 0 Å². The number of para-hydroxylation sites is 1. The van der Waals surface area contributed by atoms with E-state index in [0.717, 1.165) is 32.0 Å². The van der Waals surface area contributed by atoms with Crippen LogP contribution in [0.15, 0.2) is 30.3 Å². The second-order valence-corrected chi connectivity index (χ2v) is 3.56. The zero-order chi connectivity index (χ0) is 10.5. The molecule has 15 heavy (non-hydrogen) atoms. The van der Waals surface area contributed by atoms with E-state index in [-0.39, 0.29) is 0 Å². The molecule has 4 heteroatoms. The van der Waals surface area contributed by atoms with Crippen LogP contribution in [0.1, 0.15) is 0 Å². The van der Waals surface area contributed by atoms with Crippen LogP contribution in [-0.2, 0) is 4.74 Å². The smallest absolute Gasteiger partial charge is 0.0848 e. The fourth-order valence-corrected chi connectivity index (χ4v) is 1.90. The van der Waals surface area contributed by atoms with E-state index in [1.54, 1.807) is 5.49 Å². The first-order valence-corrected chi connectivity index (χ1v) is 5.51. The van der Waals surface area contributed by atoms with Gasteiger partial charge in [0.25, 0.3) is 0 Å². The minimum absolute atomic E-state index is 0.770. The number of morpholine rings is 1. The predicted molar refractivity (Wildman–Crippen MR) is 65.0 cm³/mol. The number of hydrogen-bond acceptors (Lipinski definition) is 3. The molecule has 3 nitrogen and oxygen atoms in total. The number of anilines is 1. The van der Waals surface area contributed by atoms with Crippen LogP contribution < -0.4 is 5.01 Å². The van der Waals surface area contributed by atoms with Crippen molar-refractivity contribution in [3.63, 3.8) is 0 Å². The number of thiocarbonyl (C=S) groups is 1. The van der Waals surface area contributed by atoms with Crippen LogP contribution in [-0.4, -0.2) is 36.8 Å². The van der Waals surface area contributed by atoms with Gasteiger partial charge in [0.05, 0.1) is 24.4 Å². The fraction of sp³-hybridized carbons (Fsp3) is 0.364. The average molecular weight is 222 g/mol. The van der Waals surface area contributed by atoms with E-state index in [1.807, 2.05) is 23.2 Å². The zero-order valence-corrected chi connectivity index (χ0v) is 9.32. The van der Waals surface area contributed by atoms with Crippen LogP contribution in [0.4, 0.5) is 5.69 Å². The Kier molecular flexibility index (Phi) is 3.66. The first-order chi connectivity index (χ1) is 7.42. The minimum atomic E-state index is 0.770. The molecular formula is C11H14N2OS. The summed E-state index contributed by atoms with van der Waals surface area (Å²) in [4.78, 5) is 0. The van der Waals surface area contributed by atoms with Gasteiger partial charge in [-0.25, -0.2) is 5.01 Å². The van der Waals surface area contributed by atoms with E-state index in [9.17, 15) is 0 Å². The van der Waals surface area contributed by atoms with Crippen molar-refractivity contribution < 1.29 is 4.74 Å². The summed E-state index contributed by atoms with van der Waals surface area (Å²) < 4.78 is 5.31. The van der Waals surface area contributed by atoms with E-state index in [1.165, 1.54) is 0 Å². The highest BCUT2D eigenvalue weighted by Crippen LogP contribution is 2.15. The molecular weight excluding hydrogens is 208 g/mol. The van der Waals surface area contributed by atoms with Gasteiger partial charge in [-0.3, -0.25) is 5.01 Å². The number of rotatable bonds is 3. The quantitative estimate of drug-likeness (QED) is 0.723. The maximum absolute atomic E-state index is 5.31. The van der Waals surface area contributed by atoms with Crippen LogP contribution in [0, 0.1) is 0 Å². The van der Waals surface area contributed by atoms with E-state index < -0.39 is 0 Å². The minimum Gasteiger partial charge on any atom is -0.379 e. The summed E-state index contributed by atoms with van der Waals surface area (Å²) >= 11 is 5.05. The number of benzene rings is 1. The highest BCUT2D eigenvalue weighted by molar-refractivity contribution is 7.79. The Morgan fingerprint density at radius 2 is 1.87 bits per heavy atom. The Bertz CT molecular complexity index is 312. The summed E-state index contributed by atoms with van der Waals surface area (Å²) in [6, 6.07) is 10.1. The van der Waals surface area contributed by atoms with Crippen molar-refractivity contribution in [2.45, 2.75) is 0 Å². The summed E-state index contributed by atoms with van der Waals surface area (Å²) in [5, 5.41) is 4.21. The maximum Gasteiger partial charge on any atom is 0.0848 e. The summed E-state index contributed by atoms with van der Waals surface area (Å²) in [7, 11) is 0. The van der Waals surface area contributed by atoms with Gasteiger partial charge in [-0.15, -0.1) is 0 Å². The summed E-state index contributed by atoms with van der Waals surface area (Å²) in [5.41, 5.74) is 2.79. The van der Waals surface area contributed by atoms with Gasteiger partial charge in [-0.05, 0) is 12.1 Å². The average Bonchev–Trinajstić information content (AvgIpc) is 2.33. The fourth-order valence-electron chi connectivity index (χ4n) is 1.64. The molecule has 0 amide bonds. The van der Waals surface area contributed by atoms with Gasteiger partial charge in [-0.1, -0.05) is 30.4 Å². The summed E-state index contributed by atoms with van der Waals surface area (Å²) in [6.07, 6.45) is 0. The largest absolute Gasteiger partial charge is 0.379 e. The van der Waals surface area contributed by atoms with Gasteiger partial charge in [0.2, 0.25) is 0 Å². The second-order valence-electron chi connectivity index (χ2n) is 3.35. The number of hydrazine groups is 1. The Morgan fingerprint density at radius 1 is 1.20 bits per heavy atom. The van der Waals surface area contributed by atoms with Crippen LogP contribution in [0.2, 0.25) is 0 Å². The monoisotopic (exact) mass is 222 g/mol. The van der Waals surface area contributed by atoms with Crippen molar-refractivity contribution >= 4 is 23.4 Å². The lowest BCUT2D eigenvalue weighted by Crippen LogP contribution is -2.48. The Balaban J connectivity index is 2.12. The first-order valence-electron chi connectivity index (χ1n) is 5.04. The van der Waals surface area contributed by atoms with Gasteiger partial charge >= 0.3 is 0 Å². The third-order valence-corrected chi connectivity index (χ3v) is 2.61. The lowest BCUT2D eigenvalue weighted by atomic mass is 10.3. The molecule has 1 aromatic carbocycles.